The number of phenols is 4. The number of ether oxygens (including phenoxy) is 2. The third-order valence-electron chi connectivity index (χ3n) is 7.42. The second-order valence-corrected chi connectivity index (χ2v) is 10.2. The Hall–Kier alpha value is -4.91. The van der Waals surface area contributed by atoms with Crippen molar-refractivity contribution in [3.8, 4) is 34.5 Å². The lowest BCUT2D eigenvalue weighted by Crippen LogP contribution is -2.27. The van der Waals surface area contributed by atoms with E-state index >= 15 is 0 Å². The van der Waals surface area contributed by atoms with Crippen molar-refractivity contribution in [1.29, 1.82) is 0 Å². The molecule has 2 unspecified atom stereocenters. The molecule has 4 aromatic rings. The first-order valence-corrected chi connectivity index (χ1v) is 13.5. The maximum absolute atomic E-state index is 13.5. The van der Waals surface area contributed by atoms with E-state index in [4.69, 9.17) is 9.47 Å². The van der Waals surface area contributed by atoms with Gasteiger partial charge in [-0.15, -0.1) is 0 Å². The number of allylic oxidation sites excluding steroid dienone is 1. The summed E-state index contributed by atoms with van der Waals surface area (Å²) < 4.78 is 11.7. The summed E-state index contributed by atoms with van der Waals surface area (Å²) >= 11 is 0. The van der Waals surface area contributed by atoms with Crippen LogP contribution in [0.3, 0.4) is 0 Å². The number of methoxy groups -OCH3 is 1. The van der Waals surface area contributed by atoms with Crippen molar-refractivity contribution in [3.63, 3.8) is 0 Å². The summed E-state index contributed by atoms with van der Waals surface area (Å²) in [5, 5.41) is 41.0. The zero-order valence-electron chi connectivity index (χ0n) is 22.7. The Labute approximate surface area is 238 Å². The van der Waals surface area contributed by atoms with Crippen LogP contribution in [0.5, 0.6) is 34.5 Å². The Morgan fingerprint density at radius 2 is 1.56 bits per heavy atom. The van der Waals surface area contributed by atoms with Crippen LogP contribution in [0, 0.1) is 5.92 Å². The number of phenolic OH excluding ortho intramolecular Hbond substituents is 4. The van der Waals surface area contributed by atoms with E-state index in [9.17, 15) is 25.2 Å². The van der Waals surface area contributed by atoms with Crippen molar-refractivity contribution >= 4 is 11.9 Å². The highest BCUT2D eigenvalue weighted by Gasteiger charge is 2.36. The molecule has 1 aliphatic rings. The van der Waals surface area contributed by atoms with Gasteiger partial charge >= 0.3 is 0 Å². The Morgan fingerprint density at radius 1 is 0.902 bits per heavy atom. The second-order valence-electron chi connectivity index (χ2n) is 10.2. The van der Waals surface area contributed by atoms with E-state index in [1.165, 1.54) is 6.07 Å². The molecule has 5 rings (SSSR count). The number of rotatable bonds is 9. The van der Waals surface area contributed by atoms with E-state index in [0.717, 1.165) is 22.4 Å². The molecule has 2 atom stereocenters. The van der Waals surface area contributed by atoms with Crippen LogP contribution in [0.25, 0.3) is 6.08 Å². The maximum atomic E-state index is 13.5. The molecule has 41 heavy (non-hydrogen) atoms. The fraction of sp³-hybridized carbons (Fsp3) is 0.206. The lowest BCUT2D eigenvalue weighted by Gasteiger charge is -2.35. The van der Waals surface area contributed by atoms with Gasteiger partial charge in [0.25, 0.3) is 0 Å². The van der Waals surface area contributed by atoms with E-state index in [1.54, 1.807) is 43.5 Å². The molecule has 0 spiro atoms. The zero-order valence-corrected chi connectivity index (χ0v) is 22.7. The van der Waals surface area contributed by atoms with Gasteiger partial charge in [0, 0.05) is 24.0 Å². The number of hydrogen-bond acceptors (Lipinski definition) is 7. The number of aromatic hydroxyl groups is 4. The van der Waals surface area contributed by atoms with Crippen molar-refractivity contribution in [3.05, 3.63) is 113 Å². The highest BCUT2D eigenvalue weighted by Crippen LogP contribution is 2.48. The molecule has 0 saturated carbocycles. The van der Waals surface area contributed by atoms with Gasteiger partial charge in [0.2, 0.25) is 0 Å². The molecule has 4 aromatic carbocycles. The molecule has 0 radical (unpaired) electrons. The van der Waals surface area contributed by atoms with Gasteiger partial charge < -0.3 is 29.9 Å². The second kappa shape index (κ2) is 12.1. The standard InChI is InChI=1S/C34H32O7/c1-40-27-16-7-22(8-17-27)9-18-29(37)32-31(39)20-30(38)28-19-24(4-2-3-21-5-12-25(35)13-6-21)33(41-34(28)32)23-10-14-26(36)15-11-23/h2-3,5-8,10-17,20,24,33,35-36,38-39H,4,9,18-19H2,1H3/b3-2+. The minimum Gasteiger partial charge on any atom is -0.508 e. The molecule has 4 N–H and O–H groups in total. The lowest BCUT2D eigenvalue weighted by atomic mass is 9.82. The maximum Gasteiger partial charge on any atom is 0.170 e. The van der Waals surface area contributed by atoms with Gasteiger partial charge in [-0.1, -0.05) is 48.6 Å². The van der Waals surface area contributed by atoms with Crippen molar-refractivity contribution in [2.75, 3.05) is 7.11 Å². The minimum absolute atomic E-state index is 0.0631. The highest BCUT2D eigenvalue weighted by atomic mass is 16.5. The first kappa shape index (κ1) is 27.6. The largest absolute Gasteiger partial charge is 0.508 e. The Bertz CT molecular complexity index is 1540. The van der Waals surface area contributed by atoms with Crippen LogP contribution in [0.1, 0.15) is 51.6 Å². The quantitative estimate of drug-likeness (QED) is 0.170. The van der Waals surface area contributed by atoms with Gasteiger partial charge in [0.05, 0.1) is 7.11 Å². The van der Waals surface area contributed by atoms with E-state index in [0.29, 0.717) is 24.8 Å². The zero-order chi connectivity index (χ0) is 28.9. The molecule has 1 heterocycles. The first-order valence-electron chi connectivity index (χ1n) is 13.5. The fourth-order valence-corrected chi connectivity index (χ4v) is 5.21. The van der Waals surface area contributed by atoms with E-state index < -0.39 is 6.10 Å². The molecular weight excluding hydrogens is 520 g/mol. The predicted octanol–water partition coefficient (Wildman–Crippen LogP) is 6.73. The average Bonchev–Trinajstić information content (AvgIpc) is 2.97. The number of carbonyl (C=O) groups is 1. The van der Waals surface area contributed by atoms with E-state index in [-0.39, 0.29) is 52.4 Å². The normalized spacial score (nSPS) is 16.2. The molecular formula is C34H32O7. The summed E-state index contributed by atoms with van der Waals surface area (Å²) in [4.78, 5) is 13.5. The minimum atomic E-state index is -0.498. The van der Waals surface area contributed by atoms with Gasteiger partial charge in [0.15, 0.2) is 5.78 Å². The van der Waals surface area contributed by atoms with Crippen molar-refractivity contribution in [1.82, 2.24) is 0 Å². The van der Waals surface area contributed by atoms with Crippen molar-refractivity contribution < 1.29 is 34.7 Å². The van der Waals surface area contributed by atoms with E-state index in [2.05, 4.69) is 0 Å². The Balaban J connectivity index is 1.44. The predicted molar refractivity (Wildman–Crippen MR) is 156 cm³/mol. The van der Waals surface area contributed by atoms with Crippen LogP contribution in [0.15, 0.2) is 84.9 Å². The fourth-order valence-electron chi connectivity index (χ4n) is 5.21. The molecule has 210 valence electrons. The summed E-state index contributed by atoms with van der Waals surface area (Å²) in [6.07, 6.45) is 5.07. The van der Waals surface area contributed by atoms with Crippen LogP contribution < -0.4 is 9.47 Å². The Morgan fingerprint density at radius 3 is 2.22 bits per heavy atom. The van der Waals surface area contributed by atoms with Gasteiger partial charge in [-0.05, 0) is 72.4 Å². The molecule has 0 aliphatic carbocycles. The van der Waals surface area contributed by atoms with Crippen LogP contribution in [-0.2, 0) is 12.8 Å². The Kier molecular flexibility index (Phi) is 8.15. The van der Waals surface area contributed by atoms with Crippen LogP contribution in [0.4, 0.5) is 0 Å². The lowest BCUT2D eigenvalue weighted by molar-refractivity contribution is 0.0933. The van der Waals surface area contributed by atoms with Crippen LogP contribution >= 0.6 is 0 Å². The summed E-state index contributed by atoms with van der Waals surface area (Å²) in [7, 11) is 1.59. The molecule has 1 aliphatic heterocycles. The summed E-state index contributed by atoms with van der Waals surface area (Å²) in [6, 6.07) is 22.3. The molecule has 0 aromatic heterocycles. The molecule has 0 bridgehead atoms. The molecule has 0 amide bonds. The monoisotopic (exact) mass is 552 g/mol. The summed E-state index contributed by atoms with van der Waals surface area (Å²) in [5.74, 6) is 0.392. The number of aryl methyl sites for hydroxylation is 1. The number of ketones is 1. The van der Waals surface area contributed by atoms with Gasteiger partial charge in [-0.2, -0.15) is 0 Å². The van der Waals surface area contributed by atoms with Gasteiger partial charge in [-0.25, -0.2) is 0 Å². The molecule has 0 fully saturated rings. The number of carbonyl (C=O) groups excluding carboxylic acids is 1. The smallest absolute Gasteiger partial charge is 0.170 e. The summed E-state index contributed by atoms with van der Waals surface area (Å²) in [5.41, 5.74) is 3.23. The van der Waals surface area contributed by atoms with Crippen LogP contribution in [-0.4, -0.2) is 33.3 Å². The number of fused-ring (bicyclic) bond motifs is 1. The van der Waals surface area contributed by atoms with Crippen molar-refractivity contribution in [2.24, 2.45) is 5.92 Å². The number of hydrogen-bond donors (Lipinski definition) is 4. The summed E-state index contributed by atoms with van der Waals surface area (Å²) in [6.45, 7) is 0. The average molecular weight is 553 g/mol. The third kappa shape index (κ3) is 6.30. The number of Topliss-reactive ketones (excluding diaryl/α,β-unsaturated/α-hetero) is 1. The molecule has 7 heteroatoms. The van der Waals surface area contributed by atoms with E-state index in [1.807, 2.05) is 48.6 Å². The molecule has 0 saturated heterocycles. The first-order chi connectivity index (χ1) is 19.8. The highest BCUT2D eigenvalue weighted by molar-refractivity contribution is 6.02. The van der Waals surface area contributed by atoms with Crippen molar-refractivity contribution in [2.45, 2.75) is 31.8 Å². The van der Waals surface area contributed by atoms with Gasteiger partial charge in [-0.3, -0.25) is 4.79 Å². The van der Waals surface area contributed by atoms with Gasteiger partial charge in [0.1, 0.15) is 46.2 Å². The molecule has 7 nitrogen and oxygen atoms in total. The topological polar surface area (TPSA) is 116 Å². The van der Waals surface area contributed by atoms with Crippen LogP contribution in [0.2, 0.25) is 0 Å². The number of benzene rings is 4. The third-order valence-corrected chi connectivity index (χ3v) is 7.42. The SMILES string of the molecule is COc1ccc(CCC(=O)c2c(O)cc(O)c3c2OC(c2ccc(O)cc2)C(C/C=C/c2ccc(O)cc2)C3)cc1.